The van der Waals surface area contributed by atoms with Crippen molar-refractivity contribution in [2.45, 2.75) is 25.9 Å². The van der Waals surface area contributed by atoms with Crippen LogP contribution in [0.5, 0.6) is 5.75 Å². The van der Waals surface area contributed by atoms with Gasteiger partial charge in [0, 0.05) is 17.7 Å². The molecule has 0 amide bonds. The van der Waals surface area contributed by atoms with Crippen LogP contribution in [0, 0.1) is 0 Å². The SMILES string of the molecule is CCOc1ccccc1CC1(N)N=C(C)Nc2ccccc21.Cl. The van der Waals surface area contributed by atoms with Crippen LogP contribution in [-0.2, 0) is 12.1 Å². The van der Waals surface area contributed by atoms with Crippen molar-refractivity contribution in [1.82, 2.24) is 0 Å². The Kier molecular flexibility index (Phi) is 5.29. The first-order chi connectivity index (χ1) is 10.6. The lowest BCUT2D eigenvalue weighted by Gasteiger charge is -2.33. The number of anilines is 1. The number of ether oxygens (including phenoxy) is 1. The number of amidine groups is 1. The van der Waals surface area contributed by atoms with Crippen LogP contribution >= 0.6 is 12.4 Å². The molecule has 1 atom stereocenters. The summed E-state index contributed by atoms with van der Waals surface area (Å²) in [6.45, 7) is 4.55. The van der Waals surface area contributed by atoms with Gasteiger partial charge >= 0.3 is 0 Å². The van der Waals surface area contributed by atoms with Crippen LogP contribution in [0.25, 0.3) is 0 Å². The molecule has 3 rings (SSSR count). The standard InChI is InChI=1S/C18H21N3O.ClH/c1-3-22-17-11-7-4-8-14(17)12-18(19)15-9-5-6-10-16(15)20-13(2)21-18;/h4-11H,3,12,19H2,1-2H3,(H,20,21);1H. The van der Waals surface area contributed by atoms with Crippen molar-refractivity contribution < 1.29 is 4.74 Å². The number of fused-ring (bicyclic) bond motifs is 1. The zero-order chi connectivity index (χ0) is 15.6. The van der Waals surface area contributed by atoms with E-state index in [2.05, 4.69) is 16.4 Å². The summed E-state index contributed by atoms with van der Waals surface area (Å²) in [5, 5.41) is 3.28. The fourth-order valence-electron chi connectivity index (χ4n) is 2.92. The largest absolute Gasteiger partial charge is 0.494 e. The van der Waals surface area contributed by atoms with Gasteiger partial charge in [0.2, 0.25) is 0 Å². The lowest BCUT2D eigenvalue weighted by atomic mass is 9.90. The molecule has 4 nitrogen and oxygen atoms in total. The first kappa shape index (κ1) is 17.3. The molecular weight excluding hydrogens is 310 g/mol. The molecule has 0 fully saturated rings. The van der Waals surface area contributed by atoms with E-state index in [-0.39, 0.29) is 12.4 Å². The van der Waals surface area contributed by atoms with Crippen LogP contribution in [-0.4, -0.2) is 12.4 Å². The summed E-state index contributed by atoms with van der Waals surface area (Å²) in [7, 11) is 0. The fourth-order valence-corrected chi connectivity index (χ4v) is 2.92. The van der Waals surface area contributed by atoms with Gasteiger partial charge in [-0.2, -0.15) is 0 Å². The van der Waals surface area contributed by atoms with E-state index >= 15 is 0 Å². The summed E-state index contributed by atoms with van der Waals surface area (Å²) >= 11 is 0. The monoisotopic (exact) mass is 331 g/mol. The molecule has 0 bridgehead atoms. The van der Waals surface area contributed by atoms with Gasteiger partial charge in [0.15, 0.2) is 0 Å². The number of hydrogen-bond donors (Lipinski definition) is 2. The van der Waals surface area contributed by atoms with Crippen molar-refractivity contribution in [3.05, 3.63) is 59.7 Å². The van der Waals surface area contributed by atoms with Gasteiger partial charge in [-0.3, -0.25) is 0 Å². The van der Waals surface area contributed by atoms with Gasteiger partial charge in [-0.1, -0.05) is 36.4 Å². The molecule has 122 valence electrons. The van der Waals surface area contributed by atoms with Crippen LogP contribution in [0.2, 0.25) is 0 Å². The number of hydrogen-bond acceptors (Lipinski definition) is 4. The summed E-state index contributed by atoms with van der Waals surface area (Å²) in [6.07, 6.45) is 0.596. The van der Waals surface area contributed by atoms with Crippen molar-refractivity contribution in [2.75, 3.05) is 11.9 Å². The second-order valence-electron chi connectivity index (χ2n) is 5.51. The number of nitrogens with one attached hydrogen (secondary N) is 1. The maximum absolute atomic E-state index is 6.68. The van der Waals surface area contributed by atoms with Crippen LogP contribution in [0.15, 0.2) is 53.5 Å². The van der Waals surface area contributed by atoms with Gasteiger partial charge in [-0.15, -0.1) is 12.4 Å². The zero-order valence-electron chi connectivity index (χ0n) is 13.4. The second-order valence-corrected chi connectivity index (χ2v) is 5.51. The summed E-state index contributed by atoms with van der Waals surface area (Å²) in [5.74, 6) is 1.70. The lowest BCUT2D eigenvalue weighted by Crippen LogP contribution is -2.42. The topological polar surface area (TPSA) is 59.6 Å². The van der Waals surface area contributed by atoms with Crippen LogP contribution in [0.4, 0.5) is 5.69 Å². The normalized spacial score (nSPS) is 19.0. The highest BCUT2D eigenvalue weighted by Crippen LogP contribution is 2.35. The molecule has 2 aromatic carbocycles. The van der Waals surface area contributed by atoms with E-state index in [0.29, 0.717) is 13.0 Å². The number of nitrogens with zero attached hydrogens (tertiary/aromatic N) is 1. The van der Waals surface area contributed by atoms with Crippen molar-refractivity contribution in [3.8, 4) is 5.75 Å². The van der Waals surface area contributed by atoms with Gasteiger partial charge in [-0.05, 0) is 31.5 Å². The van der Waals surface area contributed by atoms with Gasteiger partial charge in [0.05, 0.1) is 6.61 Å². The maximum atomic E-state index is 6.68. The minimum absolute atomic E-state index is 0. The fraction of sp³-hybridized carbons (Fsp3) is 0.278. The third kappa shape index (κ3) is 3.49. The first-order valence-corrected chi connectivity index (χ1v) is 7.55. The molecule has 1 aliphatic rings. The molecule has 1 aliphatic heterocycles. The van der Waals surface area contributed by atoms with Crippen molar-refractivity contribution >= 4 is 23.9 Å². The number of para-hydroxylation sites is 2. The molecule has 0 aliphatic carbocycles. The highest BCUT2D eigenvalue weighted by molar-refractivity contribution is 5.96. The van der Waals surface area contributed by atoms with E-state index < -0.39 is 5.66 Å². The molecule has 5 heteroatoms. The van der Waals surface area contributed by atoms with Crippen molar-refractivity contribution in [3.63, 3.8) is 0 Å². The van der Waals surface area contributed by atoms with Gasteiger partial charge in [0.25, 0.3) is 0 Å². The van der Waals surface area contributed by atoms with Gasteiger partial charge in [0.1, 0.15) is 17.2 Å². The highest BCUT2D eigenvalue weighted by Gasteiger charge is 2.33. The maximum Gasteiger partial charge on any atom is 0.141 e. The Morgan fingerprint density at radius 3 is 2.61 bits per heavy atom. The molecule has 0 saturated heterocycles. The minimum Gasteiger partial charge on any atom is -0.494 e. The van der Waals surface area contributed by atoms with Crippen molar-refractivity contribution in [1.29, 1.82) is 0 Å². The van der Waals surface area contributed by atoms with E-state index in [0.717, 1.165) is 28.4 Å². The number of nitrogens with two attached hydrogens (primary N) is 1. The average molecular weight is 332 g/mol. The Balaban J connectivity index is 0.00000192. The van der Waals surface area contributed by atoms with Crippen LogP contribution < -0.4 is 15.8 Å². The zero-order valence-corrected chi connectivity index (χ0v) is 14.2. The third-order valence-electron chi connectivity index (χ3n) is 3.81. The molecule has 0 saturated carbocycles. The number of aliphatic imine (C=N–C) groups is 1. The molecule has 0 radical (unpaired) electrons. The Hall–Kier alpha value is -2.04. The number of benzene rings is 2. The van der Waals surface area contributed by atoms with Crippen molar-refractivity contribution in [2.24, 2.45) is 10.7 Å². The van der Waals surface area contributed by atoms with E-state index in [1.807, 2.05) is 56.3 Å². The third-order valence-corrected chi connectivity index (χ3v) is 3.81. The lowest BCUT2D eigenvalue weighted by molar-refractivity contribution is 0.331. The summed E-state index contributed by atoms with van der Waals surface area (Å²) in [5.41, 5.74) is 8.99. The quantitative estimate of drug-likeness (QED) is 0.898. The van der Waals surface area contributed by atoms with Gasteiger partial charge < -0.3 is 15.8 Å². The molecule has 1 heterocycles. The van der Waals surface area contributed by atoms with E-state index in [9.17, 15) is 0 Å². The molecule has 3 N–H and O–H groups in total. The molecule has 1 unspecified atom stereocenters. The molecule has 2 aromatic rings. The van der Waals surface area contributed by atoms with Crippen LogP contribution in [0.1, 0.15) is 25.0 Å². The summed E-state index contributed by atoms with van der Waals surface area (Å²) in [4.78, 5) is 4.68. The minimum atomic E-state index is -0.779. The van der Waals surface area contributed by atoms with Crippen LogP contribution in [0.3, 0.4) is 0 Å². The number of halogens is 1. The highest BCUT2D eigenvalue weighted by atomic mass is 35.5. The van der Waals surface area contributed by atoms with E-state index in [4.69, 9.17) is 10.5 Å². The first-order valence-electron chi connectivity index (χ1n) is 7.55. The Bertz CT molecular complexity index is 717. The molecule has 23 heavy (non-hydrogen) atoms. The second kappa shape index (κ2) is 7.02. The summed E-state index contributed by atoms with van der Waals surface area (Å²) in [6, 6.07) is 16.1. The van der Waals surface area contributed by atoms with Gasteiger partial charge in [-0.25, -0.2) is 4.99 Å². The molecular formula is C18H22ClN3O. The smallest absolute Gasteiger partial charge is 0.141 e. The van der Waals surface area contributed by atoms with E-state index in [1.165, 1.54) is 0 Å². The summed E-state index contributed by atoms with van der Waals surface area (Å²) < 4.78 is 5.72. The Morgan fingerprint density at radius 2 is 1.83 bits per heavy atom. The number of rotatable bonds is 4. The predicted molar refractivity (Wildman–Crippen MR) is 97.6 cm³/mol. The molecule has 0 spiro atoms. The van der Waals surface area contributed by atoms with E-state index in [1.54, 1.807) is 0 Å². The Morgan fingerprint density at radius 1 is 1.13 bits per heavy atom. The average Bonchev–Trinajstić information content (AvgIpc) is 2.49. The molecule has 0 aromatic heterocycles. The Labute approximate surface area is 143 Å². The predicted octanol–water partition coefficient (Wildman–Crippen LogP) is 3.71.